The third kappa shape index (κ3) is 2.70. The number of carbonyl (C=O) groups is 2. The summed E-state index contributed by atoms with van der Waals surface area (Å²) in [6.45, 7) is 3.63. The van der Waals surface area contributed by atoms with E-state index in [1.54, 1.807) is 11.9 Å². The van der Waals surface area contributed by atoms with E-state index < -0.39 is 12.0 Å². The number of aliphatic carboxylic acids is 1. The second kappa shape index (κ2) is 5.81. The lowest BCUT2D eigenvalue weighted by molar-refractivity contribution is -0.146. The standard InChI is InChI=1S/C10H19N3O3/c1-3-7(10(15)16)13-5-4-12-6-8(13)9(14)11-2/h7-8,12H,3-6H2,1-2H3,(H,11,14)(H,15,16). The Morgan fingerprint density at radius 3 is 2.81 bits per heavy atom. The van der Waals surface area contributed by atoms with E-state index in [9.17, 15) is 9.59 Å². The summed E-state index contributed by atoms with van der Waals surface area (Å²) in [6, 6.07) is -0.968. The highest BCUT2D eigenvalue weighted by molar-refractivity contribution is 5.83. The Hall–Kier alpha value is -1.14. The Morgan fingerprint density at radius 1 is 1.62 bits per heavy atom. The number of rotatable bonds is 4. The molecule has 0 aromatic rings. The van der Waals surface area contributed by atoms with Gasteiger partial charge in [-0.05, 0) is 6.42 Å². The van der Waals surface area contributed by atoms with Crippen LogP contribution in [-0.4, -0.2) is 60.6 Å². The Morgan fingerprint density at radius 2 is 2.31 bits per heavy atom. The lowest BCUT2D eigenvalue weighted by Gasteiger charge is -2.38. The van der Waals surface area contributed by atoms with Crippen molar-refractivity contribution in [1.82, 2.24) is 15.5 Å². The van der Waals surface area contributed by atoms with Crippen LogP contribution < -0.4 is 10.6 Å². The van der Waals surface area contributed by atoms with E-state index in [0.29, 0.717) is 19.5 Å². The van der Waals surface area contributed by atoms with Crippen molar-refractivity contribution in [2.75, 3.05) is 26.7 Å². The molecule has 6 heteroatoms. The summed E-state index contributed by atoms with van der Waals surface area (Å²) in [7, 11) is 1.57. The summed E-state index contributed by atoms with van der Waals surface area (Å²) < 4.78 is 0. The Balaban J connectivity index is 2.80. The van der Waals surface area contributed by atoms with Crippen molar-refractivity contribution in [2.24, 2.45) is 0 Å². The molecule has 92 valence electrons. The van der Waals surface area contributed by atoms with Crippen molar-refractivity contribution in [3.8, 4) is 0 Å². The molecule has 1 rings (SSSR count). The highest BCUT2D eigenvalue weighted by Crippen LogP contribution is 2.12. The smallest absolute Gasteiger partial charge is 0.320 e. The van der Waals surface area contributed by atoms with E-state index in [4.69, 9.17) is 5.11 Å². The third-order valence-electron chi connectivity index (χ3n) is 2.91. The van der Waals surface area contributed by atoms with E-state index in [2.05, 4.69) is 10.6 Å². The monoisotopic (exact) mass is 229 g/mol. The molecule has 0 aromatic carbocycles. The van der Waals surface area contributed by atoms with Crippen LogP contribution in [0.15, 0.2) is 0 Å². The molecule has 2 unspecified atom stereocenters. The molecule has 0 aromatic heterocycles. The van der Waals surface area contributed by atoms with Gasteiger partial charge in [-0.25, -0.2) is 0 Å². The van der Waals surface area contributed by atoms with Gasteiger partial charge in [0.1, 0.15) is 12.1 Å². The molecule has 1 heterocycles. The molecule has 1 aliphatic heterocycles. The van der Waals surface area contributed by atoms with Crippen LogP contribution in [0.3, 0.4) is 0 Å². The molecule has 3 N–H and O–H groups in total. The summed E-state index contributed by atoms with van der Waals surface area (Å²) in [5.41, 5.74) is 0. The van der Waals surface area contributed by atoms with Crippen molar-refractivity contribution in [3.05, 3.63) is 0 Å². The minimum Gasteiger partial charge on any atom is -0.480 e. The number of carboxylic acid groups (broad SMARTS) is 1. The highest BCUT2D eigenvalue weighted by atomic mass is 16.4. The van der Waals surface area contributed by atoms with Gasteiger partial charge in [-0.3, -0.25) is 14.5 Å². The summed E-state index contributed by atoms with van der Waals surface area (Å²) in [6.07, 6.45) is 0.503. The van der Waals surface area contributed by atoms with Crippen molar-refractivity contribution >= 4 is 11.9 Å². The molecule has 6 nitrogen and oxygen atoms in total. The van der Waals surface area contributed by atoms with Crippen LogP contribution in [0.1, 0.15) is 13.3 Å². The van der Waals surface area contributed by atoms with E-state index in [-0.39, 0.29) is 11.9 Å². The number of nitrogens with one attached hydrogen (secondary N) is 2. The van der Waals surface area contributed by atoms with Gasteiger partial charge in [0.15, 0.2) is 0 Å². The zero-order valence-electron chi connectivity index (χ0n) is 9.69. The van der Waals surface area contributed by atoms with Crippen molar-refractivity contribution in [1.29, 1.82) is 0 Å². The largest absolute Gasteiger partial charge is 0.480 e. The minimum absolute atomic E-state index is 0.132. The first kappa shape index (κ1) is 12.9. The summed E-state index contributed by atoms with van der Waals surface area (Å²) in [5.74, 6) is -0.995. The molecular formula is C10H19N3O3. The topological polar surface area (TPSA) is 81.7 Å². The maximum Gasteiger partial charge on any atom is 0.320 e. The molecule has 2 atom stereocenters. The maximum absolute atomic E-state index is 11.6. The second-order valence-corrected chi connectivity index (χ2v) is 3.83. The number of carbonyl (C=O) groups excluding carboxylic acids is 1. The quantitative estimate of drug-likeness (QED) is 0.568. The second-order valence-electron chi connectivity index (χ2n) is 3.83. The first-order valence-corrected chi connectivity index (χ1v) is 5.52. The van der Waals surface area contributed by atoms with Gasteiger partial charge in [0.25, 0.3) is 0 Å². The van der Waals surface area contributed by atoms with Crippen LogP contribution in [0, 0.1) is 0 Å². The fourth-order valence-corrected chi connectivity index (χ4v) is 2.05. The zero-order valence-corrected chi connectivity index (χ0v) is 9.69. The number of carboxylic acids is 1. The number of piperazine rings is 1. The zero-order chi connectivity index (χ0) is 12.1. The van der Waals surface area contributed by atoms with E-state index in [1.807, 2.05) is 6.92 Å². The van der Waals surface area contributed by atoms with Crippen LogP contribution in [-0.2, 0) is 9.59 Å². The molecule has 1 aliphatic rings. The number of nitrogens with zero attached hydrogens (tertiary/aromatic N) is 1. The Labute approximate surface area is 95.0 Å². The highest BCUT2D eigenvalue weighted by Gasteiger charge is 2.35. The number of likely N-dealkylation sites (N-methyl/N-ethyl adjacent to an activating group) is 1. The molecule has 16 heavy (non-hydrogen) atoms. The predicted molar refractivity (Wildman–Crippen MR) is 59.1 cm³/mol. The fourth-order valence-electron chi connectivity index (χ4n) is 2.05. The van der Waals surface area contributed by atoms with Gasteiger partial charge in [0.2, 0.25) is 5.91 Å². The molecule has 1 fully saturated rings. The lowest BCUT2D eigenvalue weighted by atomic mass is 10.1. The number of hydrogen-bond acceptors (Lipinski definition) is 4. The van der Waals surface area contributed by atoms with Gasteiger partial charge in [0.05, 0.1) is 0 Å². The van der Waals surface area contributed by atoms with Gasteiger partial charge >= 0.3 is 5.97 Å². The molecule has 0 bridgehead atoms. The van der Waals surface area contributed by atoms with Crippen LogP contribution in [0.4, 0.5) is 0 Å². The van der Waals surface area contributed by atoms with Crippen molar-refractivity contribution < 1.29 is 14.7 Å². The maximum atomic E-state index is 11.6. The van der Waals surface area contributed by atoms with Crippen LogP contribution in [0.5, 0.6) is 0 Å². The van der Waals surface area contributed by atoms with Crippen molar-refractivity contribution in [2.45, 2.75) is 25.4 Å². The first-order chi connectivity index (χ1) is 7.61. The van der Waals surface area contributed by atoms with Crippen LogP contribution in [0.2, 0.25) is 0 Å². The third-order valence-corrected chi connectivity index (χ3v) is 2.91. The van der Waals surface area contributed by atoms with E-state index in [1.165, 1.54) is 0 Å². The van der Waals surface area contributed by atoms with Crippen LogP contribution >= 0.6 is 0 Å². The molecule has 0 saturated carbocycles. The van der Waals surface area contributed by atoms with Gasteiger partial charge in [0, 0.05) is 26.7 Å². The van der Waals surface area contributed by atoms with Crippen molar-refractivity contribution in [3.63, 3.8) is 0 Å². The van der Waals surface area contributed by atoms with Gasteiger partial charge in [-0.1, -0.05) is 6.92 Å². The average Bonchev–Trinajstić information content (AvgIpc) is 2.29. The molecular weight excluding hydrogens is 210 g/mol. The normalized spacial score (nSPS) is 23.8. The predicted octanol–water partition coefficient (Wildman–Crippen LogP) is -1.13. The lowest BCUT2D eigenvalue weighted by Crippen LogP contribution is -2.61. The molecule has 0 spiro atoms. The van der Waals surface area contributed by atoms with Gasteiger partial charge in [-0.15, -0.1) is 0 Å². The van der Waals surface area contributed by atoms with E-state index >= 15 is 0 Å². The molecule has 0 radical (unpaired) electrons. The summed E-state index contributed by atoms with van der Waals surface area (Å²) >= 11 is 0. The molecule has 1 saturated heterocycles. The van der Waals surface area contributed by atoms with Crippen LogP contribution in [0.25, 0.3) is 0 Å². The molecule has 1 amide bonds. The SMILES string of the molecule is CCC(C(=O)O)N1CCNCC1C(=O)NC. The minimum atomic E-state index is -0.863. The van der Waals surface area contributed by atoms with Gasteiger partial charge < -0.3 is 15.7 Å². The Kier molecular flexibility index (Phi) is 4.70. The summed E-state index contributed by atoms with van der Waals surface area (Å²) in [4.78, 5) is 24.5. The summed E-state index contributed by atoms with van der Waals surface area (Å²) in [5, 5.41) is 14.8. The first-order valence-electron chi connectivity index (χ1n) is 5.52. The van der Waals surface area contributed by atoms with E-state index in [0.717, 1.165) is 6.54 Å². The Bertz CT molecular complexity index is 270. The number of amides is 1. The van der Waals surface area contributed by atoms with Gasteiger partial charge in [-0.2, -0.15) is 0 Å². The molecule has 0 aliphatic carbocycles. The average molecular weight is 229 g/mol. The number of hydrogen-bond donors (Lipinski definition) is 3. The fraction of sp³-hybridized carbons (Fsp3) is 0.800.